The molecule has 1 fully saturated rings. The van der Waals surface area contributed by atoms with Gasteiger partial charge in [0.1, 0.15) is 25.5 Å². The monoisotopic (exact) mass is 330 g/mol. The normalized spacial score (nSPS) is 25.0. The molecule has 2 heterocycles. The van der Waals surface area contributed by atoms with E-state index in [1.807, 2.05) is 18.4 Å². The second-order valence-electron chi connectivity index (χ2n) is 5.59. The number of nitrogens with zero attached hydrogens (tertiary/aromatic N) is 2. The standard InChI is InChI=1S/C15H24ClN3O3/c1-21-19-9-5-6-13(10-19)15(16)17-22-12-14(20)11-18-7-3-2-4-8-18/h5-6,9,14,20H,2-4,7-8,10-12H2,1H3/p+1/b17-15-. The minimum atomic E-state index is -0.548. The molecule has 6 nitrogen and oxygen atoms in total. The number of hydrogen-bond donors (Lipinski definition) is 2. The highest BCUT2D eigenvalue weighted by Gasteiger charge is 2.17. The van der Waals surface area contributed by atoms with Crippen LogP contribution in [0.2, 0.25) is 0 Å². The van der Waals surface area contributed by atoms with Gasteiger partial charge in [0.15, 0.2) is 5.17 Å². The van der Waals surface area contributed by atoms with Gasteiger partial charge in [-0.25, -0.2) is 4.84 Å². The number of rotatable bonds is 7. The molecule has 0 aliphatic carbocycles. The van der Waals surface area contributed by atoms with Crippen LogP contribution in [-0.4, -0.2) is 61.2 Å². The molecular weight excluding hydrogens is 306 g/mol. The Morgan fingerprint density at radius 2 is 2.23 bits per heavy atom. The molecular formula is C15H25ClN3O3+. The maximum atomic E-state index is 9.98. The number of halogens is 1. The molecule has 7 heteroatoms. The first-order chi connectivity index (χ1) is 10.7. The third kappa shape index (κ3) is 5.70. The van der Waals surface area contributed by atoms with Crippen LogP contribution in [0.5, 0.6) is 0 Å². The predicted molar refractivity (Wildman–Crippen MR) is 85.6 cm³/mol. The summed E-state index contributed by atoms with van der Waals surface area (Å²) in [6.45, 7) is 3.47. The molecule has 0 spiro atoms. The highest BCUT2D eigenvalue weighted by molar-refractivity contribution is 6.69. The Morgan fingerprint density at radius 3 is 2.95 bits per heavy atom. The molecule has 2 N–H and O–H groups in total. The fourth-order valence-corrected chi connectivity index (χ4v) is 2.77. The third-order valence-corrected chi connectivity index (χ3v) is 4.11. The number of hydroxylamine groups is 2. The van der Waals surface area contributed by atoms with Gasteiger partial charge in [0.25, 0.3) is 0 Å². The van der Waals surface area contributed by atoms with Crippen molar-refractivity contribution in [1.82, 2.24) is 4.90 Å². The number of oxime groups is 1. The van der Waals surface area contributed by atoms with Gasteiger partial charge in [0.05, 0.1) is 12.7 Å². The Labute approximate surface area is 136 Å². The van der Waals surface area contributed by atoms with Crippen molar-refractivity contribution >= 4 is 16.8 Å². The van der Waals surface area contributed by atoms with Crippen LogP contribution in [0.3, 0.4) is 0 Å². The van der Waals surface area contributed by atoms with E-state index >= 15 is 0 Å². The summed E-state index contributed by atoms with van der Waals surface area (Å²) in [5, 5.41) is 15.0. The van der Waals surface area contributed by atoms with E-state index in [9.17, 15) is 5.11 Å². The van der Waals surface area contributed by atoms with E-state index in [0.29, 0.717) is 18.3 Å². The number of β-amino-alcohol motifs (C(OH)–C–C–N with tert-alkyl or cyclic N) is 1. The molecule has 0 radical (unpaired) electrons. The van der Waals surface area contributed by atoms with Crippen LogP contribution in [0.15, 0.2) is 29.1 Å². The number of piperidine rings is 1. The van der Waals surface area contributed by atoms with Crippen molar-refractivity contribution in [2.24, 2.45) is 5.16 Å². The van der Waals surface area contributed by atoms with E-state index in [2.05, 4.69) is 10.1 Å². The van der Waals surface area contributed by atoms with Gasteiger partial charge in [-0.3, -0.25) is 0 Å². The van der Waals surface area contributed by atoms with Gasteiger partial charge in [-0.2, -0.15) is 5.06 Å². The molecule has 1 saturated heterocycles. The average molecular weight is 331 g/mol. The lowest BCUT2D eigenvalue weighted by Gasteiger charge is -2.27. The van der Waals surface area contributed by atoms with Crippen molar-refractivity contribution in [1.29, 1.82) is 0 Å². The number of likely N-dealkylation sites (tertiary alicyclic amines) is 1. The SMILES string of the molecule is CO[NH+]1C=CC=C(/C(Cl)=N/OCC(O)CN2CCCCC2)C1. The minimum absolute atomic E-state index is 0.149. The zero-order valence-electron chi connectivity index (χ0n) is 13.0. The summed E-state index contributed by atoms with van der Waals surface area (Å²) in [6, 6.07) is 0. The van der Waals surface area contributed by atoms with Crippen molar-refractivity contribution in [3.05, 3.63) is 23.9 Å². The first-order valence-electron chi connectivity index (χ1n) is 7.72. The molecule has 0 aromatic rings. The lowest BCUT2D eigenvalue weighted by molar-refractivity contribution is -1.04. The summed E-state index contributed by atoms with van der Waals surface area (Å²) >= 11 is 6.12. The van der Waals surface area contributed by atoms with Crippen molar-refractivity contribution < 1.29 is 19.8 Å². The van der Waals surface area contributed by atoms with Crippen LogP contribution in [0, 0.1) is 0 Å². The highest BCUT2D eigenvalue weighted by atomic mass is 35.5. The number of aliphatic hydroxyl groups excluding tert-OH is 1. The van der Waals surface area contributed by atoms with Crippen LogP contribution in [0.1, 0.15) is 19.3 Å². The first kappa shape index (κ1) is 17.4. The van der Waals surface area contributed by atoms with E-state index in [1.165, 1.54) is 19.3 Å². The number of hydrogen-bond acceptors (Lipinski definition) is 5. The fourth-order valence-electron chi connectivity index (χ4n) is 2.59. The lowest BCUT2D eigenvalue weighted by atomic mass is 10.1. The quantitative estimate of drug-likeness (QED) is 0.521. The van der Waals surface area contributed by atoms with Gasteiger partial charge >= 0.3 is 0 Å². The molecule has 2 aliphatic rings. The summed E-state index contributed by atoms with van der Waals surface area (Å²) in [4.78, 5) is 12.6. The molecule has 2 rings (SSSR count). The Kier molecular flexibility index (Phi) is 7.35. The van der Waals surface area contributed by atoms with Crippen LogP contribution >= 0.6 is 11.6 Å². The van der Waals surface area contributed by atoms with Gasteiger partial charge < -0.3 is 14.8 Å². The van der Waals surface area contributed by atoms with E-state index in [-0.39, 0.29) is 6.61 Å². The first-order valence-corrected chi connectivity index (χ1v) is 8.10. The predicted octanol–water partition coefficient (Wildman–Crippen LogP) is 0.302. The summed E-state index contributed by atoms with van der Waals surface area (Å²) in [5.41, 5.74) is 0.839. The summed E-state index contributed by atoms with van der Waals surface area (Å²) in [5.74, 6) is 0. The molecule has 2 unspecified atom stereocenters. The van der Waals surface area contributed by atoms with Crippen LogP contribution < -0.4 is 5.06 Å². The molecule has 0 aromatic carbocycles. The van der Waals surface area contributed by atoms with Gasteiger partial charge in [-0.15, -0.1) is 0 Å². The van der Waals surface area contributed by atoms with Crippen molar-refractivity contribution in [2.75, 3.05) is 39.9 Å². The van der Waals surface area contributed by atoms with Crippen molar-refractivity contribution in [3.63, 3.8) is 0 Å². The number of allylic oxidation sites excluding steroid dienone is 2. The van der Waals surface area contributed by atoms with Gasteiger partial charge in [0.2, 0.25) is 0 Å². The maximum absolute atomic E-state index is 9.98. The summed E-state index contributed by atoms with van der Waals surface area (Å²) in [7, 11) is 1.63. The smallest absolute Gasteiger partial charge is 0.177 e. The van der Waals surface area contributed by atoms with Crippen LogP contribution in [-0.2, 0) is 9.68 Å². The summed E-state index contributed by atoms with van der Waals surface area (Å²) in [6.07, 6.45) is 8.77. The molecule has 0 bridgehead atoms. The van der Waals surface area contributed by atoms with Crippen LogP contribution in [0.4, 0.5) is 0 Å². The van der Waals surface area contributed by atoms with Gasteiger partial charge in [-0.05, 0) is 38.1 Å². The lowest BCUT2D eigenvalue weighted by Crippen LogP contribution is -3.06. The number of nitrogens with one attached hydrogen (secondary N) is 1. The second-order valence-corrected chi connectivity index (χ2v) is 5.95. The molecule has 124 valence electrons. The zero-order chi connectivity index (χ0) is 15.8. The zero-order valence-corrected chi connectivity index (χ0v) is 13.8. The van der Waals surface area contributed by atoms with Crippen molar-refractivity contribution in [2.45, 2.75) is 25.4 Å². The average Bonchev–Trinajstić information content (AvgIpc) is 2.55. The third-order valence-electron chi connectivity index (χ3n) is 3.80. The van der Waals surface area contributed by atoms with E-state index in [0.717, 1.165) is 23.7 Å². The Morgan fingerprint density at radius 1 is 1.45 bits per heavy atom. The Bertz CT molecular complexity index is 434. The Balaban J connectivity index is 1.71. The highest BCUT2D eigenvalue weighted by Crippen LogP contribution is 2.09. The topological polar surface area (TPSA) is 58.7 Å². The van der Waals surface area contributed by atoms with E-state index in [1.54, 1.807) is 7.11 Å². The summed E-state index contributed by atoms with van der Waals surface area (Å²) < 4.78 is 0. The van der Waals surface area contributed by atoms with Crippen molar-refractivity contribution in [3.8, 4) is 0 Å². The fraction of sp³-hybridized carbons (Fsp3) is 0.667. The minimum Gasteiger partial charge on any atom is -0.392 e. The molecule has 0 saturated carbocycles. The van der Waals surface area contributed by atoms with Crippen LogP contribution in [0.25, 0.3) is 0 Å². The molecule has 2 atom stereocenters. The molecule has 2 aliphatic heterocycles. The maximum Gasteiger partial charge on any atom is 0.177 e. The number of quaternary nitrogens is 1. The second kappa shape index (κ2) is 9.27. The number of aliphatic hydroxyl groups is 1. The Hall–Kier alpha value is -0.920. The molecule has 0 aromatic heterocycles. The largest absolute Gasteiger partial charge is 0.392 e. The van der Waals surface area contributed by atoms with E-state index in [4.69, 9.17) is 21.3 Å². The van der Waals surface area contributed by atoms with Gasteiger partial charge in [-0.1, -0.05) is 23.2 Å². The van der Waals surface area contributed by atoms with E-state index < -0.39 is 6.10 Å². The van der Waals surface area contributed by atoms with Gasteiger partial charge in [0, 0.05) is 6.54 Å². The molecule has 22 heavy (non-hydrogen) atoms. The molecule has 0 amide bonds.